The summed E-state index contributed by atoms with van der Waals surface area (Å²) in [6, 6.07) is 7.37. The van der Waals surface area contributed by atoms with Crippen molar-refractivity contribution in [2.45, 2.75) is 6.92 Å². The molecule has 0 aliphatic carbocycles. The fourth-order valence-corrected chi connectivity index (χ4v) is 2.12. The van der Waals surface area contributed by atoms with Crippen LogP contribution in [0.1, 0.15) is 11.3 Å². The van der Waals surface area contributed by atoms with E-state index in [4.69, 9.17) is 15.7 Å². The minimum Gasteiger partial charge on any atom is -0.438 e. The Bertz CT molecular complexity index is 637. The number of ether oxygens (including phenoxy) is 1. The summed E-state index contributed by atoms with van der Waals surface area (Å²) in [5.41, 5.74) is 6.75. The van der Waals surface area contributed by atoms with Gasteiger partial charge < -0.3 is 15.7 Å². The molecule has 7 heteroatoms. The number of nitrogens with two attached hydrogens (primary N) is 1. The average Bonchev–Trinajstić information content (AvgIpc) is 2.63. The van der Waals surface area contributed by atoms with Crippen molar-refractivity contribution < 1.29 is 9.94 Å². The Hall–Kier alpha value is -2.02. The van der Waals surface area contributed by atoms with Crippen molar-refractivity contribution in [3.8, 4) is 11.6 Å². The molecule has 2 aromatic rings. The molecule has 0 saturated heterocycles. The number of oxime groups is 1. The second-order valence-corrected chi connectivity index (χ2v) is 4.85. The van der Waals surface area contributed by atoms with E-state index < -0.39 is 0 Å². The topological polar surface area (TPSA) is 85.7 Å². The van der Waals surface area contributed by atoms with Gasteiger partial charge in [0.1, 0.15) is 11.3 Å². The maximum Gasteiger partial charge on any atom is 0.229 e. The molecule has 0 saturated carbocycles. The van der Waals surface area contributed by atoms with E-state index in [1.807, 2.05) is 24.3 Å². The fourth-order valence-electron chi connectivity index (χ4n) is 1.74. The quantitative estimate of drug-likeness (QED) is 0.393. The number of amidine groups is 1. The molecule has 1 aromatic heterocycles. The van der Waals surface area contributed by atoms with E-state index in [1.54, 1.807) is 18.7 Å². The van der Waals surface area contributed by atoms with Crippen LogP contribution in [0.5, 0.6) is 11.6 Å². The van der Waals surface area contributed by atoms with E-state index in [0.717, 1.165) is 4.47 Å². The lowest BCUT2D eigenvalue weighted by Gasteiger charge is -2.08. The van der Waals surface area contributed by atoms with Crippen molar-refractivity contribution in [2.24, 2.45) is 17.9 Å². The molecule has 0 spiro atoms. The molecule has 0 fully saturated rings. The van der Waals surface area contributed by atoms with Gasteiger partial charge in [-0.25, -0.2) is 4.68 Å². The normalized spacial score (nSPS) is 11.6. The Balaban J connectivity index is 2.45. The smallest absolute Gasteiger partial charge is 0.229 e. The van der Waals surface area contributed by atoms with Crippen molar-refractivity contribution in [1.29, 1.82) is 0 Å². The summed E-state index contributed by atoms with van der Waals surface area (Å²) in [5, 5.41) is 16.0. The summed E-state index contributed by atoms with van der Waals surface area (Å²) < 4.78 is 8.21. The van der Waals surface area contributed by atoms with Gasteiger partial charge >= 0.3 is 0 Å². The van der Waals surface area contributed by atoms with Gasteiger partial charge in [-0.1, -0.05) is 27.2 Å². The van der Waals surface area contributed by atoms with Gasteiger partial charge in [-0.05, 0) is 25.1 Å². The molecule has 19 heavy (non-hydrogen) atoms. The number of halogens is 1. The van der Waals surface area contributed by atoms with Crippen molar-refractivity contribution in [3.05, 3.63) is 40.0 Å². The van der Waals surface area contributed by atoms with Crippen molar-refractivity contribution >= 4 is 21.8 Å². The van der Waals surface area contributed by atoms with Crippen LogP contribution >= 0.6 is 15.9 Å². The lowest BCUT2D eigenvalue weighted by Crippen LogP contribution is -2.14. The molecule has 0 radical (unpaired) electrons. The molecule has 2 rings (SSSR count). The highest BCUT2D eigenvalue weighted by Gasteiger charge is 2.19. The number of aryl methyl sites for hydroxylation is 2. The largest absolute Gasteiger partial charge is 0.438 e. The number of benzene rings is 1. The van der Waals surface area contributed by atoms with Gasteiger partial charge in [-0.3, -0.25) is 0 Å². The van der Waals surface area contributed by atoms with E-state index in [-0.39, 0.29) is 5.84 Å². The second kappa shape index (κ2) is 5.31. The Morgan fingerprint density at radius 2 is 2.26 bits per heavy atom. The van der Waals surface area contributed by atoms with Crippen LogP contribution in [-0.2, 0) is 7.05 Å². The van der Waals surface area contributed by atoms with Crippen LogP contribution in [0.3, 0.4) is 0 Å². The molecule has 0 aliphatic heterocycles. The van der Waals surface area contributed by atoms with Gasteiger partial charge in [0, 0.05) is 11.5 Å². The monoisotopic (exact) mass is 324 g/mol. The van der Waals surface area contributed by atoms with E-state index in [9.17, 15) is 0 Å². The number of aromatic nitrogens is 2. The third-order valence-corrected chi connectivity index (χ3v) is 3.04. The molecule has 0 atom stereocenters. The van der Waals surface area contributed by atoms with Crippen LogP contribution in [0.25, 0.3) is 0 Å². The summed E-state index contributed by atoms with van der Waals surface area (Å²) in [4.78, 5) is 0. The van der Waals surface area contributed by atoms with Gasteiger partial charge in [0.05, 0.1) is 5.69 Å². The number of rotatable bonds is 3. The molecule has 1 heterocycles. The van der Waals surface area contributed by atoms with Gasteiger partial charge in [-0.15, -0.1) is 0 Å². The Kier molecular flexibility index (Phi) is 3.75. The zero-order valence-corrected chi connectivity index (χ0v) is 12.0. The highest BCUT2D eigenvalue weighted by Crippen LogP contribution is 2.28. The van der Waals surface area contributed by atoms with Crippen LogP contribution in [0, 0.1) is 6.92 Å². The summed E-state index contributed by atoms with van der Waals surface area (Å²) in [6.45, 7) is 1.77. The van der Waals surface area contributed by atoms with E-state index in [2.05, 4.69) is 26.2 Å². The predicted octanol–water partition coefficient (Wildman–Crippen LogP) is 2.38. The Morgan fingerprint density at radius 1 is 1.53 bits per heavy atom. The van der Waals surface area contributed by atoms with Crippen LogP contribution in [0.4, 0.5) is 0 Å². The van der Waals surface area contributed by atoms with Crippen LogP contribution in [0.15, 0.2) is 33.9 Å². The molecule has 0 bridgehead atoms. The summed E-state index contributed by atoms with van der Waals surface area (Å²) in [5.74, 6) is 1.02. The minimum absolute atomic E-state index is 0.0319. The molecule has 100 valence electrons. The standard InChI is InChI=1S/C12H13BrN4O2/c1-7-10(11(14)16-18)12(17(2)15-7)19-9-5-3-4-8(13)6-9/h3-6,18H,1-2H3,(H2,14,16). The zero-order valence-electron chi connectivity index (χ0n) is 10.5. The maximum atomic E-state index is 8.82. The summed E-state index contributed by atoms with van der Waals surface area (Å²) in [7, 11) is 1.73. The first-order chi connectivity index (χ1) is 9.02. The lowest BCUT2D eigenvalue weighted by atomic mass is 10.2. The van der Waals surface area contributed by atoms with Crippen LogP contribution in [-0.4, -0.2) is 20.8 Å². The van der Waals surface area contributed by atoms with Gasteiger partial charge in [0.2, 0.25) is 5.88 Å². The number of hydrogen-bond donors (Lipinski definition) is 2. The first-order valence-electron chi connectivity index (χ1n) is 5.48. The first-order valence-corrected chi connectivity index (χ1v) is 6.27. The van der Waals surface area contributed by atoms with Crippen molar-refractivity contribution in [2.75, 3.05) is 0 Å². The van der Waals surface area contributed by atoms with Gasteiger partial charge in [0.25, 0.3) is 0 Å². The van der Waals surface area contributed by atoms with Crippen molar-refractivity contribution in [1.82, 2.24) is 9.78 Å². The Morgan fingerprint density at radius 3 is 2.89 bits per heavy atom. The zero-order chi connectivity index (χ0) is 14.0. The average molecular weight is 325 g/mol. The highest BCUT2D eigenvalue weighted by molar-refractivity contribution is 9.10. The van der Waals surface area contributed by atoms with Crippen molar-refractivity contribution in [3.63, 3.8) is 0 Å². The van der Waals surface area contributed by atoms with Crippen LogP contribution < -0.4 is 10.5 Å². The van der Waals surface area contributed by atoms with Crippen LogP contribution in [0.2, 0.25) is 0 Å². The SMILES string of the molecule is Cc1nn(C)c(Oc2cccc(Br)c2)c1C(N)=NO. The molecule has 0 aliphatic rings. The fraction of sp³-hybridized carbons (Fsp3) is 0.167. The van der Waals surface area contributed by atoms with E-state index >= 15 is 0 Å². The summed E-state index contributed by atoms with van der Waals surface area (Å²) in [6.07, 6.45) is 0. The highest BCUT2D eigenvalue weighted by atomic mass is 79.9. The summed E-state index contributed by atoms with van der Waals surface area (Å²) >= 11 is 3.37. The molecular weight excluding hydrogens is 312 g/mol. The first kappa shape index (κ1) is 13.4. The molecule has 6 nitrogen and oxygen atoms in total. The number of nitrogens with zero attached hydrogens (tertiary/aromatic N) is 3. The van der Waals surface area contributed by atoms with E-state index in [1.165, 1.54) is 0 Å². The number of hydrogen-bond acceptors (Lipinski definition) is 4. The third-order valence-electron chi connectivity index (χ3n) is 2.54. The van der Waals surface area contributed by atoms with Gasteiger partial charge in [-0.2, -0.15) is 5.10 Å². The second-order valence-electron chi connectivity index (χ2n) is 3.93. The lowest BCUT2D eigenvalue weighted by molar-refractivity contribution is 0.318. The Labute approximate surface area is 118 Å². The molecule has 3 N–H and O–H groups in total. The molecule has 0 amide bonds. The molecule has 1 aromatic carbocycles. The predicted molar refractivity (Wildman–Crippen MR) is 74.7 cm³/mol. The van der Waals surface area contributed by atoms with E-state index in [0.29, 0.717) is 22.9 Å². The third kappa shape index (κ3) is 2.70. The molecular formula is C12H13BrN4O2. The minimum atomic E-state index is -0.0319. The molecule has 0 unspecified atom stereocenters. The van der Waals surface area contributed by atoms with Gasteiger partial charge in [0.15, 0.2) is 5.84 Å². The maximum absolute atomic E-state index is 8.82.